The Hall–Kier alpha value is -2.51. The molecule has 0 unspecified atom stereocenters. The van der Waals surface area contributed by atoms with Crippen molar-refractivity contribution in [3.05, 3.63) is 52.6 Å². The first kappa shape index (κ1) is 20.2. The van der Waals surface area contributed by atoms with Crippen molar-refractivity contribution in [3.63, 3.8) is 0 Å². The Morgan fingerprint density at radius 1 is 1.29 bits per heavy atom. The number of nitrogens with zero attached hydrogens (tertiary/aromatic N) is 3. The zero-order chi connectivity index (χ0) is 20.5. The molecule has 2 N–H and O–H groups in total. The van der Waals surface area contributed by atoms with Gasteiger partial charge in [0.1, 0.15) is 11.4 Å². The van der Waals surface area contributed by atoms with Gasteiger partial charge in [-0.1, -0.05) is 11.6 Å². The summed E-state index contributed by atoms with van der Waals surface area (Å²) in [7, 11) is 0. The van der Waals surface area contributed by atoms with E-state index >= 15 is 0 Å². The summed E-state index contributed by atoms with van der Waals surface area (Å²) in [6, 6.07) is 6.84. The SMILES string of the molecule is Cc1nc([C@H]2CCN(C(=O)C(C)(C)O)C2)ncc1C(=O)Nc1ccc(Cl)cc1. The van der Waals surface area contributed by atoms with Gasteiger partial charge in [-0.25, -0.2) is 9.97 Å². The Morgan fingerprint density at radius 3 is 2.57 bits per heavy atom. The van der Waals surface area contributed by atoms with Crippen molar-refractivity contribution in [3.8, 4) is 0 Å². The van der Waals surface area contributed by atoms with Crippen LogP contribution >= 0.6 is 11.6 Å². The number of carbonyl (C=O) groups is 2. The number of hydrogen-bond acceptors (Lipinski definition) is 5. The number of aromatic nitrogens is 2. The smallest absolute Gasteiger partial charge is 0.259 e. The molecule has 1 atom stereocenters. The quantitative estimate of drug-likeness (QED) is 0.819. The number of anilines is 1. The normalized spacial score (nSPS) is 16.9. The Kier molecular flexibility index (Phi) is 5.67. The van der Waals surface area contributed by atoms with Crippen molar-refractivity contribution in [2.45, 2.75) is 38.7 Å². The molecular weight excluding hydrogens is 380 g/mol. The molecule has 1 fully saturated rings. The van der Waals surface area contributed by atoms with Crippen molar-refractivity contribution in [1.82, 2.24) is 14.9 Å². The van der Waals surface area contributed by atoms with Crippen molar-refractivity contribution >= 4 is 29.1 Å². The summed E-state index contributed by atoms with van der Waals surface area (Å²) >= 11 is 5.85. The molecule has 0 aliphatic carbocycles. The highest BCUT2D eigenvalue weighted by molar-refractivity contribution is 6.30. The predicted octanol–water partition coefficient (Wildman–Crippen LogP) is 2.78. The molecule has 1 aliphatic rings. The second-order valence-electron chi connectivity index (χ2n) is 7.48. The summed E-state index contributed by atoms with van der Waals surface area (Å²) in [4.78, 5) is 35.2. The van der Waals surface area contributed by atoms with Gasteiger partial charge in [-0.3, -0.25) is 9.59 Å². The van der Waals surface area contributed by atoms with Gasteiger partial charge in [-0.05, 0) is 51.5 Å². The lowest BCUT2D eigenvalue weighted by atomic mass is 10.1. The molecule has 1 aromatic carbocycles. The molecule has 28 heavy (non-hydrogen) atoms. The van der Waals surface area contributed by atoms with E-state index in [0.717, 1.165) is 6.42 Å². The largest absolute Gasteiger partial charge is 0.381 e. The topological polar surface area (TPSA) is 95.4 Å². The van der Waals surface area contributed by atoms with E-state index < -0.39 is 5.60 Å². The molecule has 0 bridgehead atoms. The van der Waals surface area contributed by atoms with Crippen LogP contribution in [0.25, 0.3) is 0 Å². The van der Waals surface area contributed by atoms with E-state index in [4.69, 9.17) is 11.6 Å². The number of nitrogens with one attached hydrogen (secondary N) is 1. The Morgan fingerprint density at radius 2 is 1.96 bits per heavy atom. The first-order valence-electron chi connectivity index (χ1n) is 9.07. The average Bonchev–Trinajstić information content (AvgIpc) is 3.12. The molecule has 2 amide bonds. The van der Waals surface area contributed by atoms with E-state index in [9.17, 15) is 14.7 Å². The molecule has 1 aliphatic heterocycles. The third kappa shape index (κ3) is 4.48. The molecule has 0 saturated carbocycles. The highest BCUT2D eigenvalue weighted by Crippen LogP contribution is 2.27. The fourth-order valence-corrected chi connectivity index (χ4v) is 3.30. The third-order valence-electron chi connectivity index (χ3n) is 4.71. The zero-order valence-corrected chi connectivity index (χ0v) is 16.8. The van der Waals surface area contributed by atoms with Crippen LogP contribution < -0.4 is 5.32 Å². The van der Waals surface area contributed by atoms with E-state index in [-0.39, 0.29) is 17.7 Å². The van der Waals surface area contributed by atoms with Crippen LogP contribution in [0.2, 0.25) is 5.02 Å². The molecule has 3 rings (SSSR count). The molecule has 1 saturated heterocycles. The summed E-state index contributed by atoms with van der Waals surface area (Å²) in [6.45, 7) is 5.73. The number of aliphatic hydroxyl groups is 1. The number of benzene rings is 1. The van der Waals surface area contributed by atoms with E-state index in [1.54, 1.807) is 36.1 Å². The highest BCUT2D eigenvalue weighted by atomic mass is 35.5. The maximum absolute atomic E-state index is 12.5. The molecule has 8 heteroatoms. The first-order chi connectivity index (χ1) is 13.1. The van der Waals surface area contributed by atoms with Gasteiger partial charge in [0.15, 0.2) is 0 Å². The number of amides is 2. The van der Waals surface area contributed by atoms with Gasteiger partial charge in [0.2, 0.25) is 0 Å². The molecule has 2 heterocycles. The third-order valence-corrected chi connectivity index (χ3v) is 4.96. The van der Waals surface area contributed by atoms with Crippen LogP contribution in [-0.2, 0) is 4.79 Å². The van der Waals surface area contributed by atoms with Crippen molar-refractivity contribution in [1.29, 1.82) is 0 Å². The van der Waals surface area contributed by atoms with E-state index in [0.29, 0.717) is 40.9 Å². The van der Waals surface area contributed by atoms with Crippen LogP contribution in [0.15, 0.2) is 30.5 Å². The van der Waals surface area contributed by atoms with E-state index in [2.05, 4.69) is 15.3 Å². The number of hydrogen-bond donors (Lipinski definition) is 2. The molecular formula is C20H23ClN4O3. The lowest BCUT2D eigenvalue weighted by Crippen LogP contribution is -2.44. The Labute approximate surface area is 168 Å². The minimum atomic E-state index is -1.39. The van der Waals surface area contributed by atoms with Crippen LogP contribution in [0.3, 0.4) is 0 Å². The second-order valence-corrected chi connectivity index (χ2v) is 7.92. The van der Waals surface area contributed by atoms with Gasteiger partial charge in [0.05, 0.1) is 11.3 Å². The lowest BCUT2D eigenvalue weighted by Gasteiger charge is -2.24. The van der Waals surface area contributed by atoms with Gasteiger partial charge >= 0.3 is 0 Å². The number of likely N-dealkylation sites (tertiary alicyclic amines) is 1. The standard InChI is InChI=1S/C20H23ClN4O3/c1-12-16(18(26)24-15-6-4-14(21)5-7-15)10-22-17(23-12)13-8-9-25(11-13)19(27)20(2,3)28/h4-7,10,13,28H,8-9,11H2,1-3H3,(H,24,26)/t13-/m0/s1. The Balaban J connectivity index is 1.70. The summed E-state index contributed by atoms with van der Waals surface area (Å²) in [5.41, 5.74) is 0.203. The van der Waals surface area contributed by atoms with Crippen LogP contribution in [0.4, 0.5) is 5.69 Å². The van der Waals surface area contributed by atoms with E-state index in [1.807, 2.05) is 0 Å². The van der Waals surface area contributed by atoms with Crippen LogP contribution in [0.1, 0.15) is 48.1 Å². The first-order valence-corrected chi connectivity index (χ1v) is 9.45. The molecule has 1 aromatic heterocycles. The summed E-state index contributed by atoms with van der Waals surface area (Å²) in [5, 5.41) is 13.3. The zero-order valence-electron chi connectivity index (χ0n) is 16.1. The molecule has 2 aromatic rings. The maximum atomic E-state index is 12.5. The van der Waals surface area contributed by atoms with Crippen LogP contribution in [0.5, 0.6) is 0 Å². The second kappa shape index (κ2) is 7.85. The number of rotatable bonds is 4. The van der Waals surface area contributed by atoms with Crippen molar-refractivity contribution in [2.75, 3.05) is 18.4 Å². The molecule has 0 spiro atoms. The van der Waals surface area contributed by atoms with Crippen LogP contribution in [-0.4, -0.2) is 50.5 Å². The van der Waals surface area contributed by atoms with E-state index in [1.165, 1.54) is 20.0 Å². The number of carbonyl (C=O) groups excluding carboxylic acids is 2. The number of aryl methyl sites for hydroxylation is 1. The van der Waals surface area contributed by atoms with Gasteiger partial charge in [-0.15, -0.1) is 0 Å². The maximum Gasteiger partial charge on any atom is 0.259 e. The summed E-state index contributed by atoms with van der Waals surface area (Å²) < 4.78 is 0. The Bertz CT molecular complexity index is 893. The minimum absolute atomic E-state index is 0.0154. The van der Waals surface area contributed by atoms with Gasteiger partial charge in [-0.2, -0.15) is 0 Å². The van der Waals surface area contributed by atoms with Crippen LogP contribution in [0, 0.1) is 6.92 Å². The van der Waals surface area contributed by atoms with Gasteiger partial charge in [0.25, 0.3) is 11.8 Å². The van der Waals surface area contributed by atoms with Gasteiger partial charge in [0, 0.05) is 35.9 Å². The van der Waals surface area contributed by atoms with Crippen molar-refractivity contribution in [2.24, 2.45) is 0 Å². The monoisotopic (exact) mass is 402 g/mol. The molecule has 148 valence electrons. The summed E-state index contributed by atoms with van der Waals surface area (Å²) in [6.07, 6.45) is 2.24. The fraction of sp³-hybridized carbons (Fsp3) is 0.400. The molecule has 0 radical (unpaired) electrons. The fourth-order valence-electron chi connectivity index (χ4n) is 3.18. The van der Waals surface area contributed by atoms with Crippen molar-refractivity contribution < 1.29 is 14.7 Å². The highest BCUT2D eigenvalue weighted by Gasteiger charge is 2.35. The van der Waals surface area contributed by atoms with Gasteiger partial charge < -0.3 is 15.3 Å². The average molecular weight is 403 g/mol. The minimum Gasteiger partial charge on any atom is -0.381 e. The number of halogens is 1. The molecule has 7 nitrogen and oxygen atoms in total. The predicted molar refractivity (Wildman–Crippen MR) is 106 cm³/mol. The lowest BCUT2D eigenvalue weighted by molar-refractivity contribution is -0.146. The summed E-state index contributed by atoms with van der Waals surface area (Å²) in [5.74, 6) is -0.00715.